The molecule has 164 valence electrons. The number of aromatic nitrogens is 2. The molecule has 3 aliphatic rings. The molecule has 0 radical (unpaired) electrons. The number of pyridine rings is 2. The van der Waals surface area contributed by atoms with Crippen molar-refractivity contribution in [3.05, 3.63) is 83.7 Å². The minimum Gasteiger partial charge on any atom is -0.505 e. The number of nitrogens with one attached hydrogen (secondary N) is 1. The number of anilines is 1. The van der Waals surface area contributed by atoms with Crippen LogP contribution >= 0.6 is 0 Å². The molecule has 2 aliphatic heterocycles. The van der Waals surface area contributed by atoms with Crippen molar-refractivity contribution in [3.8, 4) is 11.5 Å². The summed E-state index contributed by atoms with van der Waals surface area (Å²) < 4.78 is 18.8. The maximum absolute atomic E-state index is 13.5. The highest BCUT2D eigenvalue weighted by atomic mass is 19.1. The van der Waals surface area contributed by atoms with E-state index in [2.05, 4.69) is 26.3 Å². The molecule has 6 rings (SSSR count). The molecule has 1 aromatic carbocycles. The largest absolute Gasteiger partial charge is 0.505 e. The first kappa shape index (κ1) is 19.5. The first-order chi connectivity index (χ1) is 16.1. The van der Waals surface area contributed by atoms with E-state index < -0.39 is 5.82 Å². The average Bonchev–Trinajstić information content (AvgIpc) is 3.63. The summed E-state index contributed by atoms with van der Waals surface area (Å²) in [6.07, 6.45) is 10.4. The summed E-state index contributed by atoms with van der Waals surface area (Å²) in [5, 5.41) is 13.2. The molecule has 2 aromatic heterocycles. The molecular formula is C25H20FN5O2. The molecule has 0 saturated heterocycles. The number of halogens is 1. The number of benzene rings is 1. The molecule has 7 nitrogen and oxygen atoms in total. The molecule has 1 atom stereocenters. The molecule has 1 fully saturated rings. The molecule has 1 saturated carbocycles. The van der Waals surface area contributed by atoms with E-state index in [1.807, 2.05) is 24.4 Å². The predicted molar refractivity (Wildman–Crippen MR) is 124 cm³/mol. The molecule has 3 aromatic rings. The Kier molecular flexibility index (Phi) is 4.39. The van der Waals surface area contributed by atoms with E-state index in [4.69, 9.17) is 9.73 Å². The van der Waals surface area contributed by atoms with E-state index >= 15 is 0 Å². The summed E-state index contributed by atoms with van der Waals surface area (Å²) >= 11 is 0. The lowest BCUT2D eigenvalue weighted by molar-refractivity contribution is 0.413. The van der Waals surface area contributed by atoms with E-state index in [0.29, 0.717) is 12.3 Å². The zero-order valence-electron chi connectivity index (χ0n) is 17.8. The number of rotatable bonds is 5. The summed E-state index contributed by atoms with van der Waals surface area (Å²) in [4.78, 5) is 15.9. The van der Waals surface area contributed by atoms with Gasteiger partial charge in [0.1, 0.15) is 17.1 Å². The molecular weight excluding hydrogens is 421 g/mol. The van der Waals surface area contributed by atoms with Gasteiger partial charge in [0.15, 0.2) is 11.6 Å². The minimum absolute atomic E-state index is 0.235. The summed E-state index contributed by atoms with van der Waals surface area (Å²) in [7, 11) is 1.60. The molecule has 0 bridgehead atoms. The molecule has 0 amide bonds. The Morgan fingerprint density at radius 1 is 1.21 bits per heavy atom. The van der Waals surface area contributed by atoms with Crippen LogP contribution in [-0.2, 0) is 0 Å². The predicted octanol–water partition coefficient (Wildman–Crippen LogP) is 4.25. The van der Waals surface area contributed by atoms with Gasteiger partial charge in [-0.15, -0.1) is 0 Å². The number of allylic oxidation sites excluding steroid dienone is 3. The first-order valence-electron chi connectivity index (χ1n) is 10.6. The van der Waals surface area contributed by atoms with Crippen LogP contribution in [0.15, 0.2) is 77.3 Å². The Hall–Kier alpha value is -4.20. The fourth-order valence-electron chi connectivity index (χ4n) is 4.20. The number of hydrogen-bond acceptors (Lipinski definition) is 7. The van der Waals surface area contributed by atoms with Crippen molar-refractivity contribution in [2.45, 2.75) is 12.5 Å². The second kappa shape index (κ2) is 7.44. The number of fused-ring (bicyclic) bond motifs is 3. The van der Waals surface area contributed by atoms with Crippen molar-refractivity contribution in [1.82, 2.24) is 14.9 Å². The molecule has 1 aliphatic carbocycles. The number of ether oxygens (including phenoxy) is 1. The number of hydrogen-bond donors (Lipinski definition) is 2. The van der Waals surface area contributed by atoms with Gasteiger partial charge < -0.3 is 20.1 Å². The van der Waals surface area contributed by atoms with Crippen LogP contribution in [0.1, 0.15) is 12.0 Å². The number of aliphatic imine (C=N–C) groups is 1. The molecule has 8 heteroatoms. The summed E-state index contributed by atoms with van der Waals surface area (Å²) in [6.45, 7) is 0.492. The number of phenolic OH excluding ortho intramolecular Hbond substituents is 1. The van der Waals surface area contributed by atoms with E-state index in [-0.39, 0.29) is 11.8 Å². The average molecular weight is 441 g/mol. The zero-order chi connectivity index (χ0) is 22.5. The third kappa shape index (κ3) is 3.40. The normalized spacial score (nSPS) is 18.5. The van der Waals surface area contributed by atoms with Crippen molar-refractivity contribution in [3.63, 3.8) is 0 Å². The second-order valence-electron chi connectivity index (χ2n) is 8.08. The lowest BCUT2D eigenvalue weighted by atomic mass is 10.0. The van der Waals surface area contributed by atoms with Gasteiger partial charge in [0.05, 0.1) is 37.1 Å². The maximum atomic E-state index is 13.5. The van der Waals surface area contributed by atoms with Crippen LogP contribution in [0.25, 0.3) is 16.6 Å². The summed E-state index contributed by atoms with van der Waals surface area (Å²) in [6, 6.07) is 8.35. The van der Waals surface area contributed by atoms with Gasteiger partial charge in [0.25, 0.3) is 0 Å². The van der Waals surface area contributed by atoms with Crippen LogP contribution in [-0.4, -0.2) is 45.5 Å². The van der Waals surface area contributed by atoms with Crippen LogP contribution in [0.3, 0.4) is 0 Å². The molecule has 33 heavy (non-hydrogen) atoms. The van der Waals surface area contributed by atoms with Crippen LogP contribution in [0.2, 0.25) is 0 Å². The Labute approximate surface area is 189 Å². The van der Waals surface area contributed by atoms with Gasteiger partial charge >= 0.3 is 0 Å². The van der Waals surface area contributed by atoms with Crippen molar-refractivity contribution < 1.29 is 14.2 Å². The summed E-state index contributed by atoms with van der Waals surface area (Å²) in [5.41, 5.74) is 6.41. The quantitative estimate of drug-likeness (QED) is 0.616. The Morgan fingerprint density at radius 2 is 2.12 bits per heavy atom. The summed E-state index contributed by atoms with van der Waals surface area (Å²) in [5.74, 6) is 0.534. The van der Waals surface area contributed by atoms with Crippen molar-refractivity contribution in [2.24, 2.45) is 4.99 Å². The second-order valence-corrected chi connectivity index (χ2v) is 8.08. The number of nitrogens with zero attached hydrogens (tertiary/aromatic N) is 4. The van der Waals surface area contributed by atoms with Crippen molar-refractivity contribution >= 4 is 28.1 Å². The van der Waals surface area contributed by atoms with Gasteiger partial charge in [-0.2, -0.15) is 0 Å². The van der Waals surface area contributed by atoms with Crippen LogP contribution < -0.4 is 10.1 Å². The van der Waals surface area contributed by atoms with Crippen LogP contribution in [0.5, 0.6) is 11.5 Å². The van der Waals surface area contributed by atoms with Gasteiger partial charge in [-0.05, 0) is 47.4 Å². The van der Waals surface area contributed by atoms with E-state index in [1.54, 1.807) is 25.6 Å². The topological polar surface area (TPSA) is 82.9 Å². The highest BCUT2D eigenvalue weighted by molar-refractivity contribution is 5.96. The first-order valence-corrected chi connectivity index (χ1v) is 10.6. The molecule has 1 unspecified atom stereocenters. The Morgan fingerprint density at radius 3 is 2.97 bits per heavy atom. The fourth-order valence-corrected chi connectivity index (χ4v) is 4.20. The minimum atomic E-state index is -0.636. The van der Waals surface area contributed by atoms with Gasteiger partial charge in [0.2, 0.25) is 0 Å². The molecule has 2 N–H and O–H groups in total. The third-order valence-electron chi connectivity index (χ3n) is 6.02. The number of methoxy groups -OCH3 is 1. The highest BCUT2D eigenvalue weighted by Gasteiger charge is 2.39. The van der Waals surface area contributed by atoms with E-state index in [0.717, 1.165) is 45.8 Å². The monoisotopic (exact) mass is 441 g/mol. The van der Waals surface area contributed by atoms with E-state index in [9.17, 15) is 9.50 Å². The number of phenols is 1. The van der Waals surface area contributed by atoms with E-state index in [1.165, 1.54) is 17.7 Å². The fraction of sp³-hybridized carbons (Fsp3) is 0.160. The SMILES string of the molecule is COc1cnc2c(NCC3=NC4CC4=C4C=CC(c5ccc(F)c(O)c5)=CN34)ccnc2c1. The van der Waals surface area contributed by atoms with Crippen molar-refractivity contribution in [2.75, 3.05) is 19.0 Å². The highest BCUT2D eigenvalue weighted by Crippen LogP contribution is 2.43. The van der Waals surface area contributed by atoms with Gasteiger partial charge in [-0.3, -0.25) is 9.98 Å². The molecule has 4 heterocycles. The van der Waals surface area contributed by atoms with Gasteiger partial charge in [-0.1, -0.05) is 12.1 Å². The van der Waals surface area contributed by atoms with Gasteiger partial charge in [0, 0.05) is 24.2 Å². The molecule has 0 spiro atoms. The maximum Gasteiger partial charge on any atom is 0.164 e. The Bertz CT molecular complexity index is 1430. The lowest BCUT2D eigenvalue weighted by Gasteiger charge is -2.30. The zero-order valence-corrected chi connectivity index (χ0v) is 17.8. The lowest BCUT2D eigenvalue weighted by Crippen LogP contribution is -2.34. The third-order valence-corrected chi connectivity index (χ3v) is 6.02. The smallest absolute Gasteiger partial charge is 0.164 e. The Balaban J connectivity index is 1.29. The number of amidine groups is 1. The number of aromatic hydroxyl groups is 1. The van der Waals surface area contributed by atoms with Crippen molar-refractivity contribution in [1.29, 1.82) is 0 Å². The van der Waals surface area contributed by atoms with Crippen LogP contribution in [0.4, 0.5) is 10.1 Å². The van der Waals surface area contributed by atoms with Gasteiger partial charge in [-0.25, -0.2) is 9.37 Å². The van der Waals surface area contributed by atoms with Crippen LogP contribution in [0, 0.1) is 5.82 Å². The standard InChI is InChI=1S/C25H20FN5O2/c1-33-16-9-21-25(29-11-16)19(6-7-27-21)28-12-24-30-20-10-17(20)22-5-3-15(13-31(22)24)14-2-4-18(26)23(32)8-14/h2-9,11,13,20,32H,10,12H2,1H3,(H,27,28).